The van der Waals surface area contributed by atoms with Crippen LogP contribution in [0.2, 0.25) is 0 Å². The number of anilines is 1. The Labute approximate surface area is 160 Å². The van der Waals surface area contributed by atoms with E-state index in [0.29, 0.717) is 11.7 Å². The number of fused-ring (bicyclic) bond motifs is 2. The molecule has 0 unspecified atom stereocenters. The number of aliphatic hydroxyl groups is 1. The van der Waals surface area contributed by atoms with Gasteiger partial charge in [-0.3, -0.25) is 4.79 Å². The number of nitrogens with two attached hydrogens (primary N) is 1. The number of amides is 1. The van der Waals surface area contributed by atoms with Crippen LogP contribution in [0.25, 0.3) is 0 Å². The average Bonchev–Trinajstić information content (AvgIpc) is 2.93. The summed E-state index contributed by atoms with van der Waals surface area (Å²) in [6.07, 6.45) is 7.56. The van der Waals surface area contributed by atoms with E-state index in [1.807, 2.05) is 6.92 Å². The van der Waals surface area contributed by atoms with Crippen molar-refractivity contribution >= 4 is 22.4 Å². The summed E-state index contributed by atoms with van der Waals surface area (Å²) in [6, 6.07) is 0. The summed E-state index contributed by atoms with van der Waals surface area (Å²) >= 11 is 1.58. The van der Waals surface area contributed by atoms with Crippen molar-refractivity contribution < 1.29 is 9.90 Å². The average molecular weight is 376 g/mol. The molecular weight excluding hydrogens is 346 g/mol. The summed E-state index contributed by atoms with van der Waals surface area (Å²) in [5.41, 5.74) is 7.01. The molecule has 1 aromatic rings. The van der Waals surface area contributed by atoms with Crippen LogP contribution in [-0.4, -0.2) is 40.6 Å². The number of carbonyl (C=O) groups is 1. The van der Waals surface area contributed by atoms with E-state index in [2.05, 4.69) is 24.8 Å². The summed E-state index contributed by atoms with van der Waals surface area (Å²) in [5.74, 6) is 2.45. The minimum Gasteiger partial charge on any atom is -0.392 e. The third-order valence-corrected chi connectivity index (χ3v) is 7.58. The van der Waals surface area contributed by atoms with Crippen LogP contribution >= 0.6 is 11.3 Å². The molecule has 1 aromatic heterocycles. The third kappa shape index (κ3) is 3.01. The Balaban J connectivity index is 1.86. The zero-order valence-electron chi connectivity index (χ0n) is 16.0. The monoisotopic (exact) mass is 375 g/mol. The summed E-state index contributed by atoms with van der Waals surface area (Å²) < 4.78 is 0. The summed E-state index contributed by atoms with van der Waals surface area (Å²) in [7, 11) is 1.73. The topological polar surface area (TPSA) is 79.5 Å². The molecule has 142 valence electrons. The standard InChI is InChI=1S/C20H29N3O2S/c1-6-9-23(5)18(25)11(2)13-7-8-20(4)10-14-16(22-19(21)26-14)12(3)15(20)17(13)24/h1,11-13,15,17,24H,7-10H2,2-5H3,(H2,21,22)/t11-,12-,13-,15+,17-,20-/m0/s1. The van der Waals surface area contributed by atoms with E-state index in [9.17, 15) is 9.90 Å². The van der Waals surface area contributed by atoms with Crippen LogP contribution in [0.1, 0.15) is 50.1 Å². The van der Waals surface area contributed by atoms with E-state index in [-0.39, 0.29) is 35.0 Å². The van der Waals surface area contributed by atoms with Gasteiger partial charge in [-0.15, -0.1) is 17.8 Å². The number of rotatable bonds is 3. The van der Waals surface area contributed by atoms with Gasteiger partial charge in [0.2, 0.25) is 5.91 Å². The number of hydrogen-bond acceptors (Lipinski definition) is 5. The van der Waals surface area contributed by atoms with Crippen molar-refractivity contribution in [1.82, 2.24) is 9.88 Å². The van der Waals surface area contributed by atoms with Gasteiger partial charge < -0.3 is 15.7 Å². The first-order valence-electron chi connectivity index (χ1n) is 9.31. The molecule has 6 heteroatoms. The quantitative estimate of drug-likeness (QED) is 0.796. The van der Waals surface area contributed by atoms with E-state index >= 15 is 0 Å². The van der Waals surface area contributed by atoms with Crippen LogP contribution in [0.4, 0.5) is 5.13 Å². The van der Waals surface area contributed by atoms with Gasteiger partial charge >= 0.3 is 0 Å². The molecule has 0 aromatic carbocycles. The van der Waals surface area contributed by atoms with Crippen LogP contribution in [-0.2, 0) is 11.2 Å². The van der Waals surface area contributed by atoms with Gasteiger partial charge in [0.1, 0.15) is 0 Å². The lowest BCUT2D eigenvalue weighted by Crippen LogP contribution is -2.53. The molecule has 3 rings (SSSR count). The minimum atomic E-state index is -0.530. The SMILES string of the molecule is C#CCN(C)C(=O)[C@@H](C)[C@@H]1CC[C@@]2(C)Cc3sc(N)nc3[C@@H](C)[C@@H]2[C@H]1O. The highest BCUT2D eigenvalue weighted by atomic mass is 32.1. The highest BCUT2D eigenvalue weighted by Gasteiger charge is 2.53. The number of nitrogens with zero attached hydrogens (tertiary/aromatic N) is 2. The van der Waals surface area contributed by atoms with Crippen molar-refractivity contribution in [1.29, 1.82) is 0 Å². The number of nitrogen functional groups attached to an aromatic ring is 1. The lowest BCUT2D eigenvalue weighted by molar-refractivity contribution is -0.142. The van der Waals surface area contributed by atoms with Gasteiger partial charge in [-0.2, -0.15) is 0 Å². The highest BCUT2D eigenvalue weighted by molar-refractivity contribution is 7.15. The molecule has 2 aliphatic carbocycles. The molecule has 1 heterocycles. The number of thiazole rings is 1. The van der Waals surface area contributed by atoms with Crippen LogP contribution in [0.15, 0.2) is 0 Å². The third-order valence-electron chi connectivity index (χ3n) is 6.68. The van der Waals surface area contributed by atoms with Gasteiger partial charge in [-0.25, -0.2) is 4.98 Å². The lowest BCUT2D eigenvalue weighted by Gasteiger charge is -2.53. The molecule has 0 saturated heterocycles. The van der Waals surface area contributed by atoms with Crippen LogP contribution in [0, 0.1) is 35.5 Å². The van der Waals surface area contributed by atoms with E-state index < -0.39 is 6.10 Å². The van der Waals surface area contributed by atoms with Gasteiger partial charge in [0.15, 0.2) is 5.13 Å². The fraction of sp³-hybridized carbons (Fsp3) is 0.700. The first kappa shape index (κ1) is 19.2. The Bertz CT molecular complexity index is 740. The Morgan fingerprint density at radius 3 is 2.96 bits per heavy atom. The fourth-order valence-electron chi connectivity index (χ4n) is 5.31. The Morgan fingerprint density at radius 1 is 1.62 bits per heavy atom. The van der Waals surface area contributed by atoms with Crippen molar-refractivity contribution in [3.05, 3.63) is 10.6 Å². The molecule has 0 aliphatic heterocycles. The molecule has 0 spiro atoms. The molecule has 0 bridgehead atoms. The van der Waals surface area contributed by atoms with E-state index in [0.717, 1.165) is 25.0 Å². The highest BCUT2D eigenvalue weighted by Crippen LogP contribution is 2.57. The van der Waals surface area contributed by atoms with Gasteiger partial charge in [-0.1, -0.05) is 26.7 Å². The molecule has 1 saturated carbocycles. The van der Waals surface area contributed by atoms with Crippen molar-refractivity contribution in [2.75, 3.05) is 19.3 Å². The van der Waals surface area contributed by atoms with Gasteiger partial charge in [0.05, 0.1) is 18.3 Å². The van der Waals surface area contributed by atoms with Crippen LogP contribution in [0.5, 0.6) is 0 Å². The van der Waals surface area contributed by atoms with Gasteiger partial charge in [0, 0.05) is 23.8 Å². The minimum absolute atomic E-state index is 0.0117. The second-order valence-corrected chi connectivity index (χ2v) is 9.50. The zero-order chi connectivity index (χ0) is 19.2. The van der Waals surface area contributed by atoms with E-state index in [1.165, 1.54) is 4.88 Å². The van der Waals surface area contributed by atoms with Crippen LogP contribution < -0.4 is 5.73 Å². The molecule has 26 heavy (non-hydrogen) atoms. The van der Waals surface area contributed by atoms with Crippen molar-refractivity contribution in [2.45, 2.75) is 52.1 Å². The van der Waals surface area contributed by atoms with Gasteiger partial charge in [-0.05, 0) is 36.5 Å². The Kier molecular flexibility index (Phi) is 5.06. The predicted octanol–water partition coefficient (Wildman–Crippen LogP) is 2.51. The number of hydrogen-bond donors (Lipinski definition) is 2. The predicted molar refractivity (Wildman–Crippen MR) is 105 cm³/mol. The summed E-state index contributed by atoms with van der Waals surface area (Å²) in [5, 5.41) is 11.9. The summed E-state index contributed by atoms with van der Waals surface area (Å²) in [4.78, 5) is 20.1. The maximum atomic E-state index is 12.7. The van der Waals surface area contributed by atoms with E-state index in [4.69, 9.17) is 12.2 Å². The molecule has 2 aliphatic rings. The van der Waals surface area contributed by atoms with Crippen molar-refractivity contribution in [2.24, 2.45) is 23.2 Å². The largest absolute Gasteiger partial charge is 0.392 e. The van der Waals surface area contributed by atoms with Gasteiger partial charge in [0.25, 0.3) is 0 Å². The maximum Gasteiger partial charge on any atom is 0.226 e. The number of aromatic nitrogens is 1. The normalized spacial score (nSPS) is 34.3. The van der Waals surface area contributed by atoms with Crippen LogP contribution in [0.3, 0.4) is 0 Å². The van der Waals surface area contributed by atoms with Crippen molar-refractivity contribution in [3.63, 3.8) is 0 Å². The maximum absolute atomic E-state index is 12.7. The Morgan fingerprint density at radius 2 is 2.31 bits per heavy atom. The zero-order valence-corrected chi connectivity index (χ0v) is 16.8. The number of carbonyl (C=O) groups excluding carboxylic acids is 1. The molecule has 0 radical (unpaired) electrons. The molecule has 3 N–H and O–H groups in total. The van der Waals surface area contributed by atoms with Crippen molar-refractivity contribution in [3.8, 4) is 12.3 Å². The Hall–Kier alpha value is -1.58. The second kappa shape index (κ2) is 6.86. The first-order valence-corrected chi connectivity index (χ1v) is 10.1. The number of aliphatic hydroxyl groups excluding tert-OH is 1. The fourth-order valence-corrected chi connectivity index (χ4v) is 6.45. The number of terminal acetylenes is 1. The van der Waals surface area contributed by atoms with E-state index in [1.54, 1.807) is 23.3 Å². The lowest BCUT2D eigenvalue weighted by atomic mass is 9.53. The molecular formula is C20H29N3O2S. The molecule has 1 fully saturated rings. The molecule has 6 atom stereocenters. The first-order chi connectivity index (χ1) is 12.2. The smallest absolute Gasteiger partial charge is 0.226 e. The molecule has 5 nitrogen and oxygen atoms in total. The molecule has 1 amide bonds. The second-order valence-electron chi connectivity index (χ2n) is 8.39. The summed E-state index contributed by atoms with van der Waals surface area (Å²) in [6.45, 7) is 6.63.